The number of thioether (sulfide) groups is 1. The van der Waals surface area contributed by atoms with E-state index in [1.54, 1.807) is 11.8 Å². The number of halogens is 1. The summed E-state index contributed by atoms with van der Waals surface area (Å²) in [7, 11) is 0. The van der Waals surface area contributed by atoms with Crippen molar-refractivity contribution < 1.29 is 5.11 Å². The first kappa shape index (κ1) is 13.8. The quantitative estimate of drug-likeness (QED) is 0.804. The Morgan fingerprint density at radius 1 is 1.31 bits per heavy atom. The average Bonchev–Trinajstić information content (AvgIpc) is 2.36. The molecule has 88 valence electrons. The first-order valence-corrected chi connectivity index (χ1v) is 7.10. The highest BCUT2D eigenvalue weighted by Gasteiger charge is 2.25. The van der Waals surface area contributed by atoms with Gasteiger partial charge in [-0.2, -0.15) is 0 Å². The lowest BCUT2D eigenvalue weighted by atomic mass is 9.98. The molecule has 0 fully saturated rings. The Kier molecular flexibility index (Phi) is 5.59. The minimum atomic E-state index is -0.720. The summed E-state index contributed by atoms with van der Waals surface area (Å²) in [4.78, 5) is 1.18. The topological polar surface area (TPSA) is 20.2 Å². The minimum absolute atomic E-state index is 0.718. The standard InChI is InChI=1S/C13H17BrOS/c1-3-13(15,4-2)12(14)10-16-11-8-6-5-7-9-11/h5-10,15H,3-4H2,1-2H3/b12-10-. The van der Waals surface area contributed by atoms with E-state index in [4.69, 9.17) is 0 Å². The fraction of sp³-hybridized carbons (Fsp3) is 0.385. The molecule has 0 amide bonds. The maximum absolute atomic E-state index is 10.2. The van der Waals surface area contributed by atoms with Crippen LogP contribution < -0.4 is 0 Å². The normalized spacial score (nSPS) is 12.9. The molecular formula is C13H17BrOS. The number of aliphatic hydroxyl groups is 1. The molecule has 3 heteroatoms. The first-order valence-electron chi connectivity index (χ1n) is 5.42. The summed E-state index contributed by atoms with van der Waals surface area (Å²) in [5, 5.41) is 12.2. The summed E-state index contributed by atoms with van der Waals surface area (Å²) in [5.74, 6) is 0. The molecule has 16 heavy (non-hydrogen) atoms. The number of rotatable bonds is 5. The maximum Gasteiger partial charge on any atom is 0.0960 e. The predicted molar refractivity (Wildman–Crippen MR) is 74.8 cm³/mol. The van der Waals surface area contributed by atoms with Crippen LogP contribution in [-0.2, 0) is 0 Å². The van der Waals surface area contributed by atoms with Crippen molar-refractivity contribution in [3.05, 3.63) is 40.2 Å². The predicted octanol–water partition coefficient (Wildman–Crippen LogP) is 4.57. The third-order valence-corrected chi connectivity index (χ3v) is 4.82. The van der Waals surface area contributed by atoms with Crippen molar-refractivity contribution in [2.24, 2.45) is 0 Å². The van der Waals surface area contributed by atoms with Crippen molar-refractivity contribution in [2.45, 2.75) is 37.2 Å². The van der Waals surface area contributed by atoms with Gasteiger partial charge in [0.2, 0.25) is 0 Å². The van der Waals surface area contributed by atoms with E-state index in [9.17, 15) is 5.11 Å². The van der Waals surface area contributed by atoms with Crippen LogP contribution in [0.3, 0.4) is 0 Å². The third kappa shape index (κ3) is 3.65. The van der Waals surface area contributed by atoms with Crippen molar-refractivity contribution in [3.8, 4) is 0 Å². The molecule has 0 saturated carbocycles. The van der Waals surface area contributed by atoms with Gasteiger partial charge in [0.25, 0.3) is 0 Å². The summed E-state index contributed by atoms with van der Waals surface area (Å²) < 4.78 is 0.860. The van der Waals surface area contributed by atoms with Crippen LogP contribution in [-0.4, -0.2) is 10.7 Å². The first-order chi connectivity index (χ1) is 7.62. The van der Waals surface area contributed by atoms with Gasteiger partial charge in [0.15, 0.2) is 0 Å². The molecule has 1 nitrogen and oxygen atoms in total. The molecule has 0 atom stereocenters. The van der Waals surface area contributed by atoms with Gasteiger partial charge >= 0.3 is 0 Å². The van der Waals surface area contributed by atoms with E-state index in [-0.39, 0.29) is 0 Å². The summed E-state index contributed by atoms with van der Waals surface area (Å²) >= 11 is 5.09. The van der Waals surface area contributed by atoms with E-state index in [2.05, 4.69) is 28.1 Å². The molecule has 0 aliphatic rings. The van der Waals surface area contributed by atoms with Gasteiger partial charge in [0, 0.05) is 9.38 Å². The van der Waals surface area contributed by atoms with Gasteiger partial charge in [-0.1, -0.05) is 59.7 Å². The van der Waals surface area contributed by atoms with Crippen LogP contribution in [0.15, 0.2) is 45.1 Å². The van der Waals surface area contributed by atoms with Crippen molar-refractivity contribution in [2.75, 3.05) is 0 Å². The van der Waals surface area contributed by atoms with Gasteiger partial charge in [0.05, 0.1) is 5.60 Å². The number of benzene rings is 1. The lowest BCUT2D eigenvalue weighted by Gasteiger charge is -2.24. The van der Waals surface area contributed by atoms with E-state index >= 15 is 0 Å². The Morgan fingerprint density at radius 2 is 1.88 bits per heavy atom. The molecule has 0 aliphatic heterocycles. The average molecular weight is 301 g/mol. The second-order valence-electron chi connectivity index (χ2n) is 3.64. The minimum Gasteiger partial charge on any atom is -0.385 e. The lowest BCUT2D eigenvalue weighted by Crippen LogP contribution is -2.26. The maximum atomic E-state index is 10.2. The Morgan fingerprint density at radius 3 is 2.38 bits per heavy atom. The highest BCUT2D eigenvalue weighted by molar-refractivity contribution is 9.11. The molecule has 0 aliphatic carbocycles. The van der Waals surface area contributed by atoms with Crippen molar-refractivity contribution in [1.82, 2.24) is 0 Å². The fourth-order valence-electron chi connectivity index (χ4n) is 1.32. The number of hydrogen-bond donors (Lipinski definition) is 1. The Bertz CT molecular complexity index is 344. The highest BCUT2D eigenvalue weighted by atomic mass is 79.9. The smallest absolute Gasteiger partial charge is 0.0960 e. The van der Waals surface area contributed by atoms with Crippen LogP contribution in [0.25, 0.3) is 0 Å². The number of hydrogen-bond acceptors (Lipinski definition) is 2. The molecule has 1 rings (SSSR count). The van der Waals surface area contributed by atoms with Crippen LogP contribution in [0.2, 0.25) is 0 Å². The Balaban J connectivity index is 2.71. The van der Waals surface area contributed by atoms with E-state index in [1.165, 1.54) is 4.90 Å². The molecule has 0 spiro atoms. The van der Waals surface area contributed by atoms with Gasteiger partial charge in [-0.25, -0.2) is 0 Å². The van der Waals surface area contributed by atoms with Gasteiger partial charge in [-0.3, -0.25) is 0 Å². The lowest BCUT2D eigenvalue weighted by molar-refractivity contribution is 0.0799. The SMILES string of the molecule is CCC(O)(CC)/C(Br)=C/Sc1ccccc1. The van der Waals surface area contributed by atoms with Crippen LogP contribution in [0.5, 0.6) is 0 Å². The van der Waals surface area contributed by atoms with Crippen LogP contribution in [0.4, 0.5) is 0 Å². The van der Waals surface area contributed by atoms with E-state index in [0.717, 1.165) is 17.3 Å². The van der Waals surface area contributed by atoms with Crippen molar-refractivity contribution in [1.29, 1.82) is 0 Å². The Hall–Kier alpha value is -0.250. The second-order valence-corrected chi connectivity index (χ2v) is 5.43. The Labute approximate surface area is 110 Å². The summed E-state index contributed by atoms with van der Waals surface area (Å²) in [6, 6.07) is 10.1. The highest BCUT2D eigenvalue weighted by Crippen LogP contribution is 2.33. The molecule has 0 saturated heterocycles. The molecule has 0 aromatic heterocycles. The molecule has 1 aromatic rings. The molecule has 0 radical (unpaired) electrons. The van der Waals surface area contributed by atoms with E-state index < -0.39 is 5.60 Å². The zero-order valence-corrected chi connectivity index (χ0v) is 12.0. The zero-order valence-electron chi connectivity index (χ0n) is 9.61. The summed E-state index contributed by atoms with van der Waals surface area (Å²) in [6.45, 7) is 3.98. The largest absolute Gasteiger partial charge is 0.385 e. The summed E-state index contributed by atoms with van der Waals surface area (Å²) in [5.41, 5.74) is -0.720. The molecule has 1 N–H and O–H groups in total. The molecule has 0 bridgehead atoms. The monoisotopic (exact) mass is 300 g/mol. The van der Waals surface area contributed by atoms with Gasteiger partial charge in [-0.15, -0.1) is 0 Å². The van der Waals surface area contributed by atoms with Gasteiger partial charge < -0.3 is 5.11 Å². The van der Waals surface area contributed by atoms with E-state index in [0.29, 0.717) is 0 Å². The van der Waals surface area contributed by atoms with Gasteiger partial charge in [0.1, 0.15) is 0 Å². The van der Waals surface area contributed by atoms with Crippen molar-refractivity contribution in [3.63, 3.8) is 0 Å². The van der Waals surface area contributed by atoms with Crippen LogP contribution in [0, 0.1) is 0 Å². The molecule has 0 heterocycles. The van der Waals surface area contributed by atoms with Crippen molar-refractivity contribution >= 4 is 27.7 Å². The second kappa shape index (κ2) is 6.48. The molecule has 1 aromatic carbocycles. The molecular weight excluding hydrogens is 284 g/mol. The van der Waals surface area contributed by atoms with E-state index in [1.807, 2.05) is 37.5 Å². The fourth-order valence-corrected chi connectivity index (χ4v) is 2.93. The van der Waals surface area contributed by atoms with Gasteiger partial charge in [-0.05, 0) is 30.4 Å². The zero-order chi connectivity index (χ0) is 12.0. The van der Waals surface area contributed by atoms with Crippen LogP contribution >= 0.6 is 27.7 Å². The summed E-state index contributed by atoms with van der Waals surface area (Å²) in [6.07, 6.45) is 1.44. The molecule has 0 unspecified atom stereocenters. The third-order valence-electron chi connectivity index (χ3n) is 2.66. The van der Waals surface area contributed by atoms with Crippen LogP contribution in [0.1, 0.15) is 26.7 Å².